The summed E-state index contributed by atoms with van der Waals surface area (Å²) in [6.45, 7) is 4.24. The Morgan fingerprint density at radius 2 is 2.00 bits per heavy atom. The largest absolute Gasteiger partial charge is 0.492 e. The number of anilines is 1. The summed E-state index contributed by atoms with van der Waals surface area (Å²) in [6, 6.07) is 11.5. The molecule has 31 heavy (non-hydrogen) atoms. The molecule has 0 saturated carbocycles. The second-order valence-electron chi connectivity index (χ2n) is 7.60. The number of para-hydroxylation sites is 1. The molecule has 1 amide bonds. The van der Waals surface area contributed by atoms with Crippen molar-refractivity contribution >= 4 is 32.6 Å². The van der Waals surface area contributed by atoms with Gasteiger partial charge in [0.1, 0.15) is 11.3 Å². The minimum absolute atomic E-state index is 0.00892. The molecule has 8 heteroatoms. The third-order valence-corrected chi connectivity index (χ3v) is 6.03. The van der Waals surface area contributed by atoms with Crippen molar-refractivity contribution < 1.29 is 19.0 Å². The van der Waals surface area contributed by atoms with Crippen molar-refractivity contribution in [2.75, 3.05) is 45.5 Å². The van der Waals surface area contributed by atoms with Gasteiger partial charge < -0.3 is 19.1 Å². The van der Waals surface area contributed by atoms with Crippen LogP contribution in [0.3, 0.4) is 0 Å². The zero-order valence-corrected chi connectivity index (χ0v) is 18.9. The van der Waals surface area contributed by atoms with Crippen molar-refractivity contribution in [2.45, 2.75) is 19.8 Å². The van der Waals surface area contributed by atoms with Crippen LogP contribution in [-0.4, -0.2) is 56.4 Å². The van der Waals surface area contributed by atoms with Gasteiger partial charge in [-0.05, 0) is 63.8 Å². The Morgan fingerprint density at radius 3 is 2.81 bits per heavy atom. The molecule has 2 heterocycles. The van der Waals surface area contributed by atoms with E-state index in [0.717, 1.165) is 34.5 Å². The van der Waals surface area contributed by atoms with E-state index in [1.54, 1.807) is 4.90 Å². The van der Waals surface area contributed by atoms with Gasteiger partial charge in [0.15, 0.2) is 16.6 Å². The van der Waals surface area contributed by atoms with Gasteiger partial charge in [-0.1, -0.05) is 23.5 Å². The fourth-order valence-electron chi connectivity index (χ4n) is 3.49. The van der Waals surface area contributed by atoms with E-state index in [2.05, 4.69) is 4.90 Å². The fraction of sp³-hybridized carbons (Fsp3) is 0.391. The van der Waals surface area contributed by atoms with Gasteiger partial charge in [0.25, 0.3) is 0 Å². The molecule has 3 aromatic rings. The highest BCUT2D eigenvalue weighted by Crippen LogP contribution is 2.35. The molecule has 0 spiro atoms. The number of amides is 1. The van der Waals surface area contributed by atoms with Crippen molar-refractivity contribution in [3.8, 4) is 17.2 Å². The fourth-order valence-corrected chi connectivity index (χ4v) is 4.52. The number of fused-ring (bicyclic) bond motifs is 2. The molecule has 0 radical (unpaired) electrons. The summed E-state index contributed by atoms with van der Waals surface area (Å²) in [4.78, 5) is 22.1. The Balaban J connectivity index is 1.59. The van der Waals surface area contributed by atoms with Crippen LogP contribution in [0.4, 0.5) is 5.13 Å². The highest BCUT2D eigenvalue weighted by atomic mass is 32.1. The second-order valence-corrected chi connectivity index (χ2v) is 8.61. The van der Waals surface area contributed by atoms with Gasteiger partial charge in [0.05, 0.1) is 17.7 Å². The summed E-state index contributed by atoms with van der Waals surface area (Å²) >= 11 is 1.52. The second kappa shape index (κ2) is 9.53. The lowest BCUT2D eigenvalue weighted by atomic mass is 10.1. The van der Waals surface area contributed by atoms with E-state index >= 15 is 0 Å². The highest BCUT2D eigenvalue weighted by Gasteiger charge is 2.22. The monoisotopic (exact) mass is 441 g/mol. The van der Waals surface area contributed by atoms with Gasteiger partial charge in [0.2, 0.25) is 12.7 Å². The number of hydrogen-bond donors (Lipinski definition) is 0. The van der Waals surface area contributed by atoms with Crippen LogP contribution in [0.25, 0.3) is 10.2 Å². The average molecular weight is 442 g/mol. The van der Waals surface area contributed by atoms with Crippen molar-refractivity contribution in [1.29, 1.82) is 0 Å². The van der Waals surface area contributed by atoms with Crippen molar-refractivity contribution in [2.24, 2.45) is 0 Å². The van der Waals surface area contributed by atoms with Crippen LogP contribution in [-0.2, 0) is 11.2 Å². The van der Waals surface area contributed by atoms with Gasteiger partial charge >= 0.3 is 0 Å². The van der Waals surface area contributed by atoms with E-state index in [9.17, 15) is 4.79 Å². The summed E-state index contributed by atoms with van der Waals surface area (Å²) in [7, 11) is 4.07. The molecule has 0 N–H and O–H groups in total. The van der Waals surface area contributed by atoms with Crippen LogP contribution in [0.2, 0.25) is 0 Å². The number of aromatic nitrogens is 1. The molecule has 4 rings (SSSR count). The molecule has 2 aromatic carbocycles. The number of benzene rings is 2. The van der Waals surface area contributed by atoms with Crippen molar-refractivity contribution in [3.05, 3.63) is 42.0 Å². The Hall–Kier alpha value is -2.84. The van der Waals surface area contributed by atoms with Crippen molar-refractivity contribution in [3.63, 3.8) is 0 Å². The summed E-state index contributed by atoms with van der Waals surface area (Å²) in [5, 5.41) is 0.701. The predicted molar refractivity (Wildman–Crippen MR) is 123 cm³/mol. The number of carbonyl (C=O) groups excluding carboxylic acids is 1. The smallest absolute Gasteiger partial charge is 0.233 e. The van der Waals surface area contributed by atoms with E-state index < -0.39 is 0 Å². The van der Waals surface area contributed by atoms with Crippen LogP contribution in [0, 0.1) is 0 Å². The molecule has 1 aliphatic heterocycles. The van der Waals surface area contributed by atoms with Crippen LogP contribution >= 0.6 is 11.3 Å². The van der Waals surface area contributed by atoms with E-state index in [-0.39, 0.29) is 19.1 Å². The first-order valence-corrected chi connectivity index (χ1v) is 11.2. The van der Waals surface area contributed by atoms with E-state index in [0.29, 0.717) is 29.8 Å². The third-order valence-electron chi connectivity index (χ3n) is 4.98. The molecule has 7 nitrogen and oxygen atoms in total. The molecular weight excluding hydrogens is 414 g/mol. The minimum atomic E-state index is 0.00892. The SMILES string of the molecule is CCOc1cccc2sc(N(CCCN(C)C)C(=O)Cc3ccc4c(c3)OCO4)nc12. The molecular formula is C23H27N3O4S. The molecule has 0 aliphatic carbocycles. The summed E-state index contributed by atoms with van der Waals surface area (Å²) in [6.07, 6.45) is 1.13. The summed E-state index contributed by atoms with van der Waals surface area (Å²) in [5.74, 6) is 2.16. The van der Waals surface area contributed by atoms with Crippen LogP contribution in [0.15, 0.2) is 36.4 Å². The number of thiazole rings is 1. The van der Waals surface area contributed by atoms with Gasteiger partial charge in [0, 0.05) is 6.54 Å². The van der Waals surface area contributed by atoms with E-state index in [1.807, 2.05) is 57.4 Å². The van der Waals surface area contributed by atoms with Crippen molar-refractivity contribution in [1.82, 2.24) is 9.88 Å². The maximum absolute atomic E-state index is 13.4. The lowest BCUT2D eigenvalue weighted by molar-refractivity contribution is -0.118. The van der Waals surface area contributed by atoms with E-state index in [4.69, 9.17) is 19.2 Å². The zero-order valence-electron chi connectivity index (χ0n) is 18.1. The summed E-state index contributed by atoms with van der Waals surface area (Å²) < 4.78 is 17.6. The lowest BCUT2D eigenvalue weighted by Crippen LogP contribution is -2.34. The van der Waals surface area contributed by atoms with E-state index in [1.165, 1.54) is 11.3 Å². The molecule has 0 saturated heterocycles. The Labute approximate surface area is 186 Å². The third kappa shape index (κ3) is 4.91. The molecule has 0 fully saturated rings. The molecule has 164 valence electrons. The predicted octanol–water partition coefficient (Wildman–Crippen LogP) is 3.95. The van der Waals surface area contributed by atoms with Gasteiger partial charge in [-0.3, -0.25) is 9.69 Å². The maximum atomic E-state index is 13.4. The lowest BCUT2D eigenvalue weighted by Gasteiger charge is -2.21. The Bertz CT molecular complexity index is 1070. The standard InChI is InChI=1S/C23H27N3O4S/c1-4-28-18-7-5-8-20-22(18)24-23(31-20)26(12-6-11-25(2)3)21(27)14-16-9-10-17-19(13-16)30-15-29-17/h5,7-10,13H,4,6,11-12,14-15H2,1-3H3. The highest BCUT2D eigenvalue weighted by molar-refractivity contribution is 7.22. The van der Waals surface area contributed by atoms with Gasteiger partial charge in [-0.25, -0.2) is 4.98 Å². The van der Waals surface area contributed by atoms with Crippen LogP contribution < -0.4 is 19.1 Å². The Kier molecular flexibility index (Phi) is 6.58. The van der Waals surface area contributed by atoms with Crippen LogP contribution in [0.5, 0.6) is 17.2 Å². The van der Waals surface area contributed by atoms with Crippen LogP contribution in [0.1, 0.15) is 18.9 Å². The molecule has 0 unspecified atom stereocenters. The number of ether oxygens (including phenoxy) is 3. The molecule has 1 aliphatic rings. The first-order chi connectivity index (χ1) is 15.0. The first kappa shape index (κ1) is 21.4. The topological polar surface area (TPSA) is 64.1 Å². The number of nitrogens with zero attached hydrogens (tertiary/aromatic N) is 3. The molecule has 1 aromatic heterocycles. The minimum Gasteiger partial charge on any atom is -0.492 e. The number of rotatable bonds is 9. The normalized spacial score (nSPS) is 12.5. The van der Waals surface area contributed by atoms with Gasteiger partial charge in [-0.15, -0.1) is 0 Å². The number of carbonyl (C=O) groups is 1. The average Bonchev–Trinajstić information content (AvgIpc) is 3.38. The molecule has 0 atom stereocenters. The number of hydrogen-bond acceptors (Lipinski definition) is 7. The quantitative estimate of drug-likeness (QED) is 0.501. The zero-order chi connectivity index (χ0) is 21.8. The first-order valence-electron chi connectivity index (χ1n) is 10.4. The maximum Gasteiger partial charge on any atom is 0.233 e. The van der Waals surface area contributed by atoms with Gasteiger partial charge in [-0.2, -0.15) is 0 Å². The Morgan fingerprint density at radius 1 is 1.16 bits per heavy atom. The molecule has 0 bridgehead atoms. The summed E-state index contributed by atoms with van der Waals surface area (Å²) in [5.41, 5.74) is 1.70.